The number of fused-ring (bicyclic) bond motifs is 1. The number of para-hydroxylation sites is 1. The fourth-order valence-corrected chi connectivity index (χ4v) is 3.03. The first-order valence-electron chi connectivity index (χ1n) is 8.27. The highest BCUT2D eigenvalue weighted by atomic mass is 16.5. The summed E-state index contributed by atoms with van der Waals surface area (Å²) in [6, 6.07) is 5.47. The summed E-state index contributed by atoms with van der Waals surface area (Å²) in [5.41, 5.74) is 0.579. The summed E-state index contributed by atoms with van der Waals surface area (Å²) in [5, 5.41) is 7.07. The minimum atomic E-state index is -0.276. The van der Waals surface area contributed by atoms with Crippen LogP contribution in [0.1, 0.15) is 24.2 Å². The van der Waals surface area contributed by atoms with E-state index >= 15 is 0 Å². The minimum Gasteiger partial charge on any atom is -0.493 e. The van der Waals surface area contributed by atoms with E-state index in [1.54, 1.807) is 24.9 Å². The van der Waals surface area contributed by atoms with Crippen molar-refractivity contribution in [2.24, 2.45) is 0 Å². The number of aromatic nitrogens is 3. The van der Waals surface area contributed by atoms with Gasteiger partial charge in [-0.25, -0.2) is 9.48 Å². The van der Waals surface area contributed by atoms with Crippen LogP contribution in [0.5, 0.6) is 11.5 Å². The van der Waals surface area contributed by atoms with Gasteiger partial charge in [0.1, 0.15) is 12.4 Å². The third-order valence-electron chi connectivity index (χ3n) is 4.29. The molecule has 8 nitrogen and oxygen atoms in total. The number of nitrogens with zero attached hydrogens (tertiary/aromatic N) is 3. The van der Waals surface area contributed by atoms with E-state index in [1.807, 2.05) is 12.1 Å². The maximum atomic E-state index is 12.3. The van der Waals surface area contributed by atoms with Crippen LogP contribution in [0.2, 0.25) is 0 Å². The number of hydrogen-bond acceptors (Lipinski definition) is 5. The molecule has 1 aromatic carbocycles. The predicted octanol–water partition coefficient (Wildman–Crippen LogP) is 0.715. The number of methoxy groups -OCH3 is 2. The van der Waals surface area contributed by atoms with Crippen LogP contribution in [-0.4, -0.2) is 34.5 Å². The molecule has 1 N–H and O–H groups in total. The van der Waals surface area contributed by atoms with Gasteiger partial charge in [-0.15, -0.1) is 0 Å². The summed E-state index contributed by atoms with van der Waals surface area (Å²) in [7, 11) is 3.12. The summed E-state index contributed by atoms with van der Waals surface area (Å²) < 4.78 is 13.5. The van der Waals surface area contributed by atoms with Gasteiger partial charge in [0, 0.05) is 25.1 Å². The average Bonchev–Trinajstić information content (AvgIpc) is 2.95. The van der Waals surface area contributed by atoms with Crippen molar-refractivity contribution < 1.29 is 14.3 Å². The molecular formula is C17H22N4O4. The van der Waals surface area contributed by atoms with Gasteiger partial charge in [-0.2, -0.15) is 5.10 Å². The first-order chi connectivity index (χ1) is 12.1. The van der Waals surface area contributed by atoms with E-state index in [-0.39, 0.29) is 24.7 Å². The van der Waals surface area contributed by atoms with Crippen molar-refractivity contribution in [3.8, 4) is 11.5 Å². The number of aryl methyl sites for hydroxylation is 1. The smallest absolute Gasteiger partial charge is 0.346 e. The number of ether oxygens (including phenoxy) is 2. The second-order valence-electron chi connectivity index (χ2n) is 5.89. The average molecular weight is 346 g/mol. The largest absolute Gasteiger partial charge is 0.493 e. The Hall–Kier alpha value is -2.77. The van der Waals surface area contributed by atoms with Gasteiger partial charge in [-0.05, 0) is 18.9 Å². The quantitative estimate of drug-likeness (QED) is 0.833. The molecule has 0 radical (unpaired) electrons. The second kappa shape index (κ2) is 7.42. The van der Waals surface area contributed by atoms with E-state index in [1.165, 1.54) is 4.68 Å². The molecule has 0 unspecified atom stereocenters. The lowest BCUT2D eigenvalue weighted by atomic mass is 10.2. The van der Waals surface area contributed by atoms with Gasteiger partial charge in [-0.1, -0.05) is 12.1 Å². The highest BCUT2D eigenvalue weighted by Gasteiger charge is 2.18. The molecular weight excluding hydrogens is 324 g/mol. The topological polar surface area (TPSA) is 87.4 Å². The van der Waals surface area contributed by atoms with Crippen LogP contribution < -0.4 is 20.5 Å². The van der Waals surface area contributed by atoms with Crippen molar-refractivity contribution in [2.75, 3.05) is 14.2 Å². The molecule has 25 heavy (non-hydrogen) atoms. The van der Waals surface area contributed by atoms with Gasteiger partial charge in [0.2, 0.25) is 5.91 Å². The van der Waals surface area contributed by atoms with Crippen LogP contribution in [0.15, 0.2) is 23.0 Å². The fraction of sp³-hybridized carbons (Fsp3) is 0.471. The van der Waals surface area contributed by atoms with Crippen molar-refractivity contribution in [2.45, 2.75) is 38.9 Å². The highest BCUT2D eigenvalue weighted by molar-refractivity contribution is 5.75. The highest BCUT2D eigenvalue weighted by Crippen LogP contribution is 2.30. The number of nitrogens with one attached hydrogen (secondary N) is 1. The molecule has 0 fully saturated rings. The van der Waals surface area contributed by atoms with Crippen LogP contribution >= 0.6 is 0 Å². The summed E-state index contributed by atoms with van der Waals surface area (Å²) in [5.74, 6) is 1.67. The SMILES string of the molecule is COc1cccc(CNC(=O)Cn2nc3n(c2=O)CCCC3)c1OC. The molecule has 134 valence electrons. The van der Waals surface area contributed by atoms with E-state index in [9.17, 15) is 9.59 Å². The number of hydrogen-bond donors (Lipinski definition) is 1. The van der Waals surface area contributed by atoms with Gasteiger partial charge < -0.3 is 14.8 Å². The maximum Gasteiger partial charge on any atom is 0.346 e. The third kappa shape index (κ3) is 3.52. The van der Waals surface area contributed by atoms with Crippen molar-refractivity contribution in [1.82, 2.24) is 19.7 Å². The van der Waals surface area contributed by atoms with Crippen LogP contribution in [-0.2, 0) is 30.8 Å². The van der Waals surface area contributed by atoms with E-state index < -0.39 is 0 Å². The molecule has 8 heteroatoms. The molecule has 1 aliphatic rings. The molecule has 0 saturated carbocycles. The Morgan fingerprint density at radius 1 is 1.28 bits per heavy atom. The van der Waals surface area contributed by atoms with Crippen LogP contribution in [0.25, 0.3) is 0 Å². The Morgan fingerprint density at radius 2 is 2.12 bits per heavy atom. The lowest BCUT2D eigenvalue weighted by Crippen LogP contribution is -2.33. The number of rotatable bonds is 6. The molecule has 0 saturated heterocycles. The Balaban J connectivity index is 1.66. The van der Waals surface area contributed by atoms with E-state index in [4.69, 9.17) is 9.47 Å². The molecule has 0 aliphatic carbocycles. The van der Waals surface area contributed by atoms with Gasteiger partial charge in [0.15, 0.2) is 11.5 Å². The van der Waals surface area contributed by atoms with Crippen molar-refractivity contribution in [3.05, 3.63) is 40.1 Å². The molecule has 0 spiro atoms. The Morgan fingerprint density at radius 3 is 2.84 bits per heavy atom. The molecule has 2 aromatic rings. The zero-order chi connectivity index (χ0) is 17.8. The number of carbonyl (C=O) groups excluding carboxylic acids is 1. The van der Waals surface area contributed by atoms with Gasteiger partial charge >= 0.3 is 5.69 Å². The van der Waals surface area contributed by atoms with Crippen molar-refractivity contribution in [3.63, 3.8) is 0 Å². The molecule has 0 bridgehead atoms. The van der Waals surface area contributed by atoms with E-state index in [2.05, 4.69) is 10.4 Å². The van der Waals surface area contributed by atoms with E-state index in [0.717, 1.165) is 30.7 Å². The van der Waals surface area contributed by atoms with Crippen LogP contribution in [0, 0.1) is 0 Å². The first kappa shape index (κ1) is 17.1. The number of carbonyl (C=O) groups is 1. The van der Waals surface area contributed by atoms with Gasteiger partial charge in [0.25, 0.3) is 0 Å². The predicted molar refractivity (Wildman–Crippen MR) is 90.8 cm³/mol. The monoisotopic (exact) mass is 346 g/mol. The summed E-state index contributed by atoms with van der Waals surface area (Å²) in [4.78, 5) is 24.5. The fourth-order valence-electron chi connectivity index (χ4n) is 3.03. The molecule has 1 aromatic heterocycles. The molecule has 0 atom stereocenters. The van der Waals surface area contributed by atoms with Gasteiger partial charge in [-0.3, -0.25) is 9.36 Å². The maximum absolute atomic E-state index is 12.3. The minimum absolute atomic E-state index is 0.0921. The normalized spacial score (nSPS) is 13.2. The summed E-state index contributed by atoms with van der Waals surface area (Å²) >= 11 is 0. The zero-order valence-corrected chi connectivity index (χ0v) is 14.4. The zero-order valence-electron chi connectivity index (χ0n) is 14.4. The van der Waals surface area contributed by atoms with E-state index in [0.29, 0.717) is 18.0 Å². The van der Waals surface area contributed by atoms with Crippen molar-refractivity contribution in [1.29, 1.82) is 0 Å². The van der Waals surface area contributed by atoms with Crippen LogP contribution in [0.4, 0.5) is 0 Å². The first-order valence-corrected chi connectivity index (χ1v) is 8.27. The van der Waals surface area contributed by atoms with Crippen molar-refractivity contribution >= 4 is 5.91 Å². The second-order valence-corrected chi connectivity index (χ2v) is 5.89. The Bertz CT molecular complexity index is 825. The number of amides is 1. The molecule has 2 heterocycles. The van der Waals surface area contributed by atoms with Crippen LogP contribution in [0.3, 0.4) is 0 Å². The lowest BCUT2D eigenvalue weighted by molar-refractivity contribution is -0.122. The van der Waals surface area contributed by atoms with Gasteiger partial charge in [0.05, 0.1) is 14.2 Å². The Kier molecular flexibility index (Phi) is 5.06. The molecule has 1 aliphatic heterocycles. The summed E-state index contributed by atoms with van der Waals surface area (Å²) in [6.07, 6.45) is 2.78. The standard InChI is InChI=1S/C17H22N4O4/c1-24-13-7-5-6-12(16(13)25-2)10-18-15(22)11-21-17(23)20-9-4-3-8-14(20)19-21/h5-7H,3-4,8-11H2,1-2H3,(H,18,22). The lowest BCUT2D eigenvalue weighted by Gasteiger charge is -2.13. The number of benzene rings is 1. The molecule has 3 rings (SSSR count). The third-order valence-corrected chi connectivity index (χ3v) is 4.29. The summed E-state index contributed by atoms with van der Waals surface area (Å²) in [6.45, 7) is 0.865. The Labute approximate surface area is 145 Å². The molecule has 1 amide bonds.